The van der Waals surface area contributed by atoms with Gasteiger partial charge < -0.3 is 9.64 Å². The number of methoxy groups -OCH3 is 1. The zero-order valence-corrected chi connectivity index (χ0v) is 20.8. The average molecular weight is 493 g/mol. The highest BCUT2D eigenvalue weighted by molar-refractivity contribution is 7.91. The first-order valence-corrected chi connectivity index (χ1v) is 14.4. The van der Waals surface area contributed by atoms with Gasteiger partial charge >= 0.3 is 5.97 Å². The van der Waals surface area contributed by atoms with Crippen LogP contribution in [0.1, 0.15) is 65.7 Å². The Balaban J connectivity index is 1.44. The van der Waals surface area contributed by atoms with Gasteiger partial charge in [-0.2, -0.15) is 4.31 Å². The van der Waals surface area contributed by atoms with Gasteiger partial charge in [0.1, 0.15) is 4.21 Å². The highest BCUT2D eigenvalue weighted by atomic mass is 32.2. The molecule has 1 aromatic rings. The van der Waals surface area contributed by atoms with Gasteiger partial charge in [0.05, 0.1) is 19.2 Å². The highest BCUT2D eigenvalue weighted by Crippen LogP contribution is 2.45. The van der Waals surface area contributed by atoms with Crippen LogP contribution in [0.15, 0.2) is 16.4 Å². The Bertz CT molecular complexity index is 1070. The number of esters is 1. The van der Waals surface area contributed by atoms with Crippen molar-refractivity contribution in [2.45, 2.75) is 62.1 Å². The summed E-state index contributed by atoms with van der Waals surface area (Å²) in [6.07, 6.45) is 11.7. The molecular formula is C24H32N2O5S2. The highest BCUT2D eigenvalue weighted by Gasteiger charge is 2.43. The summed E-state index contributed by atoms with van der Waals surface area (Å²) in [6, 6.07) is 0. The molecule has 0 spiro atoms. The molecule has 5 rings (SSSR count). The number of allylic oxidation sites excluding steroid dienone is 2. The first-order chi connectivity index (χ1) is 15.9. The van der Waals surface area contributed by atoms with Gasteiger partial charge in [-0.05, 0) is 49.5 Å². The number of sulfonamides is 1. The van der Waals surface area contributed by atoms with E-state index >= 15 is 0 Å². The molecule has 3 heterocycles. The molecule has 1 saturated heterocycles. The van der Waals surface area contributed by atoms with Gasteiger partial charge in [0.15, 0.2) is 0 Å². The van der Waals surface area contributed by atoms with Crippen LogP contribution in [-0.4, -0.2) is 56.2 Å². The molecule has 0 unspecified atom stereocenters. The second kappa shape index (κ2) is 9.15. The molecule has 180 valence electrons. The average Bonchev–Trinajstić information content (AvgIpc) is 3.51. The number of hydrogen-bond acceptors (Lipinski definition) is 6. The lowest BCUT2D eigenvalue weighted by Gasteiger charge is -2.31. The maximum absolute atomic E-state index is 13.7. The van der Waals surface area contributed by atoms with Crippen LogP contribution in [0.2, 0.25) is 0 Å². The molecule has 2 aliphatic carbocycles. The van der Waals surface area contributed by atoms with E-state index in [0.717, 1.165) is 66.7 Å². The van der Waals surface area contributed by atoms with Crippen LogP contribution in [-0.2, 0) is 32.5 Å². The summed E-state index contributed by atoms with van der Waals surface area (Å²) in [5.41, 5.74) is 0.934. The molecule has 33 heavy (non-hydrogen) atoms. The standard InChI is InChI=1S/C24H32N2O5S2/c1-31-23(28)21-18-9-12-25(22(27)19-14-16-7-8-17(19)13-16)15-20(18)32-24(21)33(29,30)26-10-5-3-2-4-6-11-26/h7-8,16-17,19H,2-6,9-15H2,1H3/t16-,17+,19+/m0/s1. The second-order valence-electron chi connectivity index (χ2n) is 9.73. The molecule has 2 bridgehead atoms. The van der Waals surface area contributed by atoms with Crippen LogP contribution in [0.4, 0.5) is 0 Å². The maximum Gasteiger partial charge on any atom is 0.340 e. The molecule has 7 nitrogen and oxygen atoms in total. The number of thiophene rings is 1. The van der Waals surface area contributed by atoms with E-state index in [-0.39, 0.29) is 21.6 Å². The largest absolute Gasteiger partial charge is 0.465 e. The Morgan fingerprint density at radius 1 is 1.03 bits per heavy atom. The third-order valence-electron chi connectivity index (χ3n) is 7.71. The van der Waals surface area contributed by atoms with Crippen LogP contribution in [0.3, 0.4) is 0 Å². The van der Waals surface area contributed by atoms with Gasteiger partial charge in [0.25, 0.3) is 10.0 Å². The molecule has 2 fully saturated rings. The molecule has 4 aliphatic rings. The van der Waals surface area contributed by atoms with Crippen molar-refractivity contribution in [1.82, 2.24) is 9.21 Å². The Morgan fingerprint density at radius 3 is 2.39 bits per heavy atom. The molecule has 9 heteroatoms. The molecule has 1 amide bonds. The summed E-state index contributed by atoms with van der Waals surface area (Å²) >= 11 is 1.16. The third-order valence-corrected chi connectivity index (χ3v) is 11.3. The number of rotatable bonds is 4. The van der Waals surface area contributed by atoms with Crippen molar-refractivity contribution in [3.63, 3.8) is 0 Å². The Labute approximate surface area is 199 Å². The number of hydrogen-bond donors (Lipinski definition) is 0. The zero-order chi connectivity index (χ0) is 23.2. The molecule has 0 radical (unpaired) electrons. The number of fused-ring (bicyclic) bond motifs is 3. The minimum Gasteiger partial charge on any atom is -0.465 e. The molecule has 0 aromatic carbocycles. The fourth-order valence-electron chi connectivity index (χ4n) is 5.93. The quantitative estimate of drug-likeness (QED) is 0.474. The third kappa shape index (κ3) is 4.17. The summed E-state index contributed by atoms with van der Waals surface area (Å²) in [7, 11) is -2.51. The van der Waals surface area contributed by atoms with Crippen molar-refractivity contribution in [1.29, 1.82) is 0 Å². The monoisotopic (exact) mass is 492 g/mol. The lowest BCUT2D eigenvalue weighted by atomic mass is 9.91. The van der Waals surface area contributed by atoms with E-state index in [4.69, 9.17) is 4.74 Å². The molecule has 1 saturated carbocycles. The zero-order valence-electron chi connectivity index (χ0n) is 19.1. The van der Waals surface area contributed by atoms with Gasteiger partial charge in [-0.3, -0.25) is 4.79 Å². The predicted molar refractivity (Wildman–Crippen MR) is 125 cm³/mol. The van der Waals surface area contributed by atoms with Crippen molar-refractivity contribution in [3.05, 3.63) is 28.2 Å². The number of ether oxygens (including phenoxy) is 1. The van der Waals surface area contributed by atoms with Crippen molar-refractivity contribution < 1.29 is 22.7 Å². The van der Waals surface area contributed by atoms with E-state index < -0.39 is 16.0 Å². The normalized spacial score (nSPS) is 27.8. The minimum absolute atomic E-state index is 0.0332. The van der Waals surface area contributed by atoms with Crippen LogP contribution < -0.4 is 0 Å². The van der Waals surface area contributed by atoms with Crippen LogP contribution in [0.5, 0.6) is 0 Å². The van der Waals surface area contributed by atoms with Crippen LogP contribution >= 0.6 is 11.3 Å². The van der Waals surface area contributed by atoms with Crippen molar-refractivity contribution in [2.24, 2.45) is 17.8 Å². The van der Waals surface area contributed by atoms with Crippen molar-refractivity contribution >= 4 is 33.2 Å². The molecule has 3 atom stereocenters. The van der Waals surface area contributed by atoms with E-state index in [1.165, 1.54) is 7.11 Å². The van der Waals surface area contributed by atoms with E-state index in [1.807, 2.05) is 4.90 Å². The van der Waals surface area contributed by atoms with Gasteiger partial charge in [0, 0.05) is 30.4 Å². The van der Waals surface area contributed by atoms with Crippen LogP contribution in [0, 0.1) is 17.8 Å². The molecule has 2 aliphatic heterocycles. The van der Waals surface area contributed by atoms with Crippen molar-refractivity contribution in [3.8, 4) is 0 Å². The lowest BCUT2D eigenvalue weighted by molar-refractivity contribution is -0.137. The topological polar surface area (TPSA) is 84.0 Å². The summed E-state index contributed by atoms with van der Waals surface area (Å²) in [4.78, 5) is 28.7. The Morgan fingerprint density at radius 2 is 1.76 bits per heavy atom. The lowest BCUT2D eigenvalue weighted by Crippen LogP contribution is -2.40. The summed E-state index contributed by atoms with van der Waals surface area (Å²) in [6.45, 7) is 1.84. The van der Waals surface area contributed by atoms with Gasteiger partial charge in [-0.15, -0.1) is 11.3 Å². The number of carbonyl (C=O) groups excluding carboxylic acids is 2. The number of nitrogens with zero attached hydrogens (tertiary/aromatic N) is 2. The smallest absolute Gasteiger partial charge is 0.340 e. The first kappa shape index (κ1) is 23.1. The maximum atomic E-state index is 13.7. The summed E-state index contributed by atoms with van der Waals surface area (Å²) in [5, 5.41) is 0. The van der Waals surface area contributed by atoms with Gasteiger partial charge in [-0.25, -0.2) is 13.2 Å². The second-order valence-corrected chi connectivity index (χ2v) is 13.0. The fraction of sp³-hybridized carbons (Fsp3) is 0.667. The molecular weight excluding hydrogens is 460 g/mol. The Kier molecular flexibility index (Phi) is 6.39. The number of amides is 1. The van der Waals surface area contributed by atoms with Crippen molar-refractivity contribution in [2.75, 3.05) is 26.7 Å². The fourth-order valence-corrected chi connectivity index (χ4v) is 9.49. The minimum atomic E-state index is -3.80. The van der Waals surface area contributed by atoms with E-state index in [9.17, 15) is 18.0 Å². The summed E-state index contributed by atoms with van der Waals surface area (Å²) < 4.78 is 34.0. The molecule has 0 N–H and O–H groups in total. The SMILES string of the molecule is COC(=O)c1c(S(=O)(=O)N2CCCCCCC2)sc2c1CCN(C(=O)[C@@H]1C[C@H]3C=C[C@@H]1C3)C2. The van der Waals surface area contributed by atoms with Gasteiger partial charge in [0.2, 0.25) is 5.91 Å². The Hall–Kier alpha value is -1.71. The predicted octanol–water partition coefficient (Wildman–Crippen LogP) is 3.59. The first-order valence-electron chi connectivity index (χ1n) is 12.1. The van der Waals surface area contributed by atoms with E-state index in [0.29, 0.717) is 44.4 Å². The van der Waals surface area contributed by atoms with Crippen LogP contribution in [0.25, 0.3) is 0 Å². The van der Waals surface area contributed by atoms with E-state index in [2.05, 4.69) is 12.2 Å². The van der Waals surface area contributed by atoms with E-state index in [1.54, 1.807) is 4.31 Å². The molecule has 1 aromatic heterocycles. The summed E-state index contributed by atoms with van der Waals surface area (Å²) in [5.74, 6) is 0.452. The van der Waals surface area contributed by atoms with Gasteiger partial charge in [-0.1, -0.05) is 31.4 Å². The number of carbonyl (C=O) groups is 2.